The number of rotatable bonds is 3. The molecule has 126 valence electrons. The summed E-state index contributed by atoms with van der Waals surface area (Å²) < 4.78 is 8.06. The van der Waals surface area contributed by atoms with Crippen molar-refractivity contribution < 1.29 is 9.53 Å². The van der Waals surface area contributed by atoms with Gasteiger partial charge in [-0.2, -0.15) is 0 Å². The number of fused-ring (bicyclic) bond motifs is 1. The molecule has 1 aromatic heterocycles. The van der Waals surface area contributed by atoms with Crippen molar-refractivity contribution in [3.8, 4) is 11.5 Å². The number of benzene rings is 2. The summed E-state index contributed by atoms with van der Waals surface area (Å²) in [6, 6.07) is 21.2. The standard InChI is InChI=1S/C21H20N2O2/c1-16-20-11-6-12-22(20)13-14-23(16)21(24)17-7-5-10-19(15-17)25-18-8-3-2-4-9-18/h2-12,15-16H,13-14H2,1H3/t16-/m0/s1. The molecule has 3 aromatic rings. The van der Waals surface area contributed by atoms with Gasteiger partial charge in [-0.05, 0) is 49.4 Å². The number of amides is 1. The molecule has 1 amide bonds. The van der Waals surface area contributed by atoms with Crippen molar-refractivity contribution in [1.29, 1.82) is 0 Å². The topological polar surface area (TPSA) is 34.5 Å². The van der Waals surface area contributed by atoms with Gasteiger partial charge in [-0.25, -0.2) is 0 Å². The van der Waals surface area contributed by atoms with Gasteiger partial charge in [0, 0.05) is 30.5 Å². The monoisotopic (exact) mass is 332 g/mol. The molecular formula is C21H20N2O2. The normalized spacial score (nSPS) is 16.4. The molecule has 25 heavy (non-hydrogen) atoms. The number of hydrogen-bond donors (Lipinski definition) is 0. The van der Waals surface area contributed by atoms with Crippen molar-refractivity contribution in [3.05, 3.63) is 84.2 Å². The molecule has 4 rings (SSSR count). The van der Waals surface area contributed by atoms with Crippen LogP contribution in [0.1, 0.15) is 29.0 Å². The van der Waals surface area contributed by atoms with Crippen LogP contribution in [0.3, 0.4) is 0 Å². The Bertz CT molecular complexity index is 886. The van der Waals surface area contributed by atoms with Crippen molar-refractivity contribution in [3.63, 3.8) is 0 Å². The van der Waals surface area contributed by atoms with Crippen LogP contribution in [0.5, 0.6) is 11.5 Å². The Hall–Kier alpha value is -3.01. The van der Waals surface area contributed by atoms with Gasteiger partial charge < -0.3 is 14.2 Å². The first-order valence-corrected chi connectivity index (χ1v) is 8.51. The zero-order chi connectivity index (χ0) is 17.2. The maximum absolute atomic E-state index is 13.0. The van der Waals surface area contributed by atoms with Crippen molar-refractivity contribution in [1.82, 2.24) is 9.47 Å². The Labute approximate surface area is 147 Å². The third-order valence-electron chi connectivity index (χ3n) is 4.66. The number of hydrogen-bond acceptors (Lipinski definition) is 2. The molecule has 0 radical (unpaired) electrons. The minimum Gasteiger partial charge on any atom is -0.457 e. The van der Waals surface area contributed by atoms with Crippen LogP contribution >= 0.6 is 0 Å². The summed E-state index contributed by atoms with van der Waals surface area (Å²) in [5, 5.41) is 0. The van der Waals surface area contributed by atoms with E-state index in [0.717, 1.165) is 12.3 Å². The van der Waals surface area contributed by atoms with E-state index in [0.29, 0.717) is 17.9 Å². The lowest BCUT2D eigenvalue weighted by atomic mass is 10.1. The van der Waals surface area contributed by atoms with E-state index in [-0.39, 0.29) is 11.9 Å². The Morgan fingerprint density at radius 1 is 0.960 bits per heavy atom. The van der Waals surface area contributed by atoms with E-state index in [4.69, 9.17) is 4.74 Å². The number of aromatic nitrogens is 1. The van der Waals surface area contributed by atoms with Gasteiger partial charge in [0.1, 0.15) is 11.5 Å². The first kappa shape index (κ1) is 15.5. The summed E-state index contributed by atoms with van der Waals surface area (Å²) in [6.45, 7) is 3.62. The lowest BCUT2D eigenvalue weighted by Gasteiger charge is -2.35. The average Bonchev–Trinajstić information content (AvgIpc) is 3.12. The van der Waals surface area contributed by atoms with Crippen LogP contribution in [0.25, 0.3) is 0 Å². The maximum atomic E-state index is 13.0. The quantitative estimate of drug-likeness (QED) is 0.708. The van der Waals surface area contributed by atoms with Gasteiger partial charge >= 0.3 is 0 Å². The van der Waals surface area contributed by atoms with E-state index >= 15 is 0 Å². The Balaban J connectivity index is 1.56. The van der Waals surface area contributed by atoms with Crippen LogP contribution in [0.15, 0.2) is 72.9 Å². The summed E-state index contributed by atoms with van der Waals surface area (Å²) >= 11 is 0. The van der Waals surface area contributed by atoms with Gasteiger partial charge in [0.15, 0.2) is 0 Å². The summed E-state index contributed by atoms with van der Waals surface area (Å²) in [5.74, 6) is 1.47. The predicted molar refractivity (Wildman–Crippen MR) is 96.8 cm³/mol. The molecule has 0 saturated heterocycles. The molecule has 0 unspecified atom stereocenters. The molecule has 2 heterocycles. The highest BCUT2D eigenvalue weighted by Gasteiger charge is 2.28. The molecule has 4 nitrogen and oxygen atoms in total. The summed E-state index contributed by atoms with van der Waals surface area (Å²) in [6.07, 6.45) is 2.07. The van der Waals surface area contributed by atoms with Gasteiger partial charge in [0.2, 0.25) is 0 Å². The van der Waals surface area contributed by atoms with Gasteiger partial charge in [-0.15, -0.1) is 0 Å². The second-order valence-electron chi connectivity index (χ2n) is 6.24. The van der Waals surface area contributed by atoms with Crippen LogP contribution in [-0.2, 0) is 6.54 Å². The van der Waals surface area contributed by atoms with Crippen molar-refractivity contribution >= 4 is 5.91 Å². The van der Waals surface area contributed by atoms with Crippen molar-refractivity contribution in [2.75, 3.05) is 6.54 Å². The molecule has 0 spiro atoms. The van der Waals surface area contributed by atoms with Crippen molar-refractivity contribution in [2.45, 2.75) is 19.5 Å². The number of carbonyl (C=O) groups is 1. The van der Waals surface area contributed by atoms with Gasteiger partial charge in [0.05, 0.1) is 6.04 Å². The van der Waals surface area contributed by atoms with E-state index in [2.05, 4.69) is 23.8 Å². The summed E-state index contributed by atoms with van der Waals surface area (Å²) in [4.78, 5) is 14.9. The number of ether oxygens (including phenoxy) is 1. The van der Waals surface area contributed by atoms with Crippen LogP contribution in [0.4, 0.5) is 0 Å². The Morgan fingerprint density at radius 3 is 2.60 bits per heavy atom. The van der Waals surface area contributed by atoms with Crippen LogP contribution in [0, 0.1) is 0 Å². The molecule has 1 atom stereocenters. The van der Waals surface area contributed by atoms with Crippen LogP contribution in [0.2, 0.25) is 0 Å². The fourth-order valence-corrected chi connectivity index (χ4v) is 3.34. The molecule has 0 saturated carbocycles. The fourth-order valence-electron chi connectivity index (χ4n) is 3.34. The van der Waals surface area contributed by atoms with E-state index < -0.39 is 0 Å². The molecule has 0 bridgehead atoms. The van der Waals surface area contributed by atoms with Gasteiger partial charge in [0.25, 0.3) is 5.91 Å². The number of nitrogens with zero attached hydrogens (tertiary/aromatic N) is 2. The average molecular weight is 332 g/mol. The smallest absolute Gasteiger partial charge is 0.254 e. The van der Waals surface area contributed by atoms with E-state index in [1.54, 1.807) is 0 Å². The molecule has 4 heteroatoms. The summed E-state index contributed by atoms with van der Waals surface area (Å²) in [7, 11) is 0. The maximum Gasteiger partial charge on any atom is 0.254 e. The largest absolute Gasteiger partial charge is 0.457 e. The van der Waals surface area contributed by atoms with E-state index in [1.807, 2.05) is 65.6 Å². The second kappa shape index (κ2) is 6.48. The van der Waals surface area contributed by atoms with E-state index in [1.165, 1.54) is 5.69 Å². The molecule has 1 aliphatic rings. The molecule has 0 aliphatic carbocycles. The summed E-state index contributed by atoms with van der Waals surface area (Å²) in [5.41, 5.74) is 1.83. The SMILES string of the molecule is C[C@H]1c2cccn2CCN1C(=O)c1cccc(Oc2ccccc2)c1. The highest BCUT2D eigenvalue weighted by atomic mass is 16.5. The fraction of sp³-hybridized carbons (Fsp3) is 0.190. The molecule has 0 N–H and O–H groups in total. The van der Waals surface area contributed by atoms with Gasteiger partial charge in [-0.1, -0.05) is 24.3 Å². The third-order valence-corrected chi connectivity index (χ3v) is 4.66. The Morgan fingerprint density at radius 2 is 1.76 bits per heavy atom. The lowest BCUT2D eigenvalue weighted by Crippen LogP contribution is -2.40. The molecular weight excluding hydrogens is 312 g/mol. The highest BCUT2D eigenvalue weighted by Crippen LogP contribution is 2.28. The highest BCUT2D eigenvalue weighted by molar-refractivity contribution is 5.95. The second-order valence-corrected chi connectivity index (χ2v) is 6.24. The zero-order valence-electron chi connectivity index (χ0n) is 14.1. The first-order valence-electron chi connectivity index (χ1n) is 8.51. The minimum absolute atomic E-state index is 0.0402. The lowest BCUT2D eigenvalue weighted by molar-refractivity contribution is 0.0643. The molecule has 1 aliphatic heterocycles. The van der Waals surface area contributed by atoms with Crippen molar-refractivity contribution in [2.24, 2.45) is 0 Å². The zero-order valence-corrected chi connectivity index (χ0v) is 14.1. The minimum atomic E-state index is 0.0402. The van der Waals surface area contributed by atoms with Crippen LogP contribution < -0.4 is 4.74 Å². The van der Waals surface area contributed by atoms with E-state index in [9.17, 15) is 4.79 Å². The number of carbonyl (C=O) groups excluding carboxylic acids is 1. The predicted octanol–water partition coefficient (Wildman–Crippen LogP) is 4.50. The third kappa shape index (κ3) is 3.03. The Kier molecular flexibility index (Phi) is 4.02. The van der Waals surface area contributed by atoms with Gasteiger partial charge in [-0.3, -0.25) is 4.79 Å². The van der Waals surface area contributed by atoms with Crippen LogP contribution in [-0.4, -0.2) is 21.9 Å². The first-order chi connectivity index (χ1) is 12.2. The molecule has 0 fully saturated rings. The number of para-hydroxylation sites is 1. The molecule has 2 aromatic carbocycles.